The third-order valence-corrected chi connectivity index (χ3v) is 4.53. The van der Waals surface area contributed by atoms with Gasteiger partial charge in [-0.05, 0) is 48.9 Å². The van der Waals surface area contributed by atoms with Gasteiger partial charge in [0.2, 0.25) is 5.91 Å². The van der Waals surface area contributed by atoms with Crippen molar-refractivity contribution in [3.63, 3.8) is 0 Å². The number of nitrogens with zero attached hydrogens (tertiary/aromatic N) is 2. The van der Waals surface area contributed by atoms with E-state index < -0.39 is 23.7 Å². The lowest BCUT2D eigenvalue weighted by Gasteiger charge is -2.20. The quantitative estimate of drug-likeness (QED) is 0.799. The highest BCUT2D eigenvalue weighted by atomic mass is 79.9. The van der Waals surface area contributed by atoms with Crippen molar-refractivity contribution in [1.82, 2.24) is 0 Å². The maximum atomic E-state index is 13.1. The number of hydrogen-bond donors (Lipinski definition) is 2. The number of nitrogens with two attached hydrogens (primary N) is 1. The molecule has 0 aliphatic carbocycles. The number of carbonyl (C=O) groups is 2. The highest BCUT2D eigenvalue weighted by molar-refractivity contribution is 9.10. The van der Waals surface area contributed by atoms with Crippen LogP contribution in [0.3, 0.4) is 0 Å². The second kappa shape index (κ2) is 7.25. The molecular formula is C18H16BrFN4O2. The van der Waals surface area contributed by atoms with Crippen LogP contribution in [0.1, 0.15) is 12.0 Å². The van der Waals surface area contributed by atoms with Gasteiger partial charge in [0.05, 0.1) is 5.69 Å². The summed E-state index contributed by atoms with van der Waals surface area (Å²) in [4.78, 5) is 24.4. The molecular weight excluding hydrogens is 403 g/mol. The molecule has 1 atom stereocenters. The zero-order valence-electron chi connectivity index (χ0n) is 13.9. The number of hydrazone groups is 1. The highest BCUT2D eigenvalue weighted by Gasteiger charge is 2.35. The maximum Gasteiger partial charge on any atom is 0.271 e. The van der Waals surface area contributed by atoms with Crippen LogP contribution in [-0.2, 0) is 9.59 Å². The van der Waals surface area contributed by atoms with Gasteiger partial charge < -0.3 is 11.1 Å². The molecule has 2 aromatic carbocycles. The molecule has 1 unspecified atom stereocenters. The van der Waals surface area contributed by atoms with Gasteiger partial charge in [0, 0.05) is 16.6 Å². The second-order valence-electron chi connectivity index (χ2n) is 5.90. The Morgan fingerprint density at radius 3 is 2.62 bits per heavy atom. The molecule has 0 spiro atoms. The van der Waals surface area contributed by atoms with Crippen LogP contribution >= 0.6 is 15.9 Å². The number of rotatable bonds is 4. The predicted molar refractivity (Wildman–Crippen MR) is 101 cm³/mol. The summed E-state index contributed by atoms with van der Waals surface area (Å²) in [6, 6.07) is 10.2. The van der Waals surface area contributed by atoms with E-state index in [2.05, 4.69) is 26.3 Å². The van der Waals surface area contributed by atoms with Crippen LogP contribution in [0, 0.1) is 12.7 Å². The molecule has 3 rings (SSSR count). The lowest BCUT2D eigenvalue weighted by Crippen LogP contribution is -2.39. The van der Waals surface area contributed by atoms with Crippen molar-refractivity contribution in [2.75, 3.05) is 10.3 Å². The summed E-state index contributed by atoms with van der Waals surface area (Å²) in [5, 5.41) is 8.39. The third kappa shape index (κ3) is 3.75. The lowest BCUT2D eigenvalue weighted by molar-refractivity contribution is -0.119. The number of hydrogen-bond acceptors (Lipinski definition) is 4. The van der Waals surface area contributed by atoms with Crippen LogP contribution in [-0.4, -0.2) is 23.6 Å². The molecule has 8 heteroatoms. The van der Waals surface area contributed by atoms with Crippen molar-refractivity contribution in [1.29, 1.82) is 0 Å². The molecule has 0 saturated heterocycles. The summed E-state index contributed by atoms with van der Waals surface area (Å²) < 4.78 is 14.0. The van der Waals surface area contributed by atoms with Crippen molar-refractivity contribution >= 4 is 44.8 Å². The Balaban J connectivity index is 1.86. The first-order chi connectivity index (χ1) is 12.3. The molecule has 1 heterocycles. The van der Waals surface area contributed by atoms with E-state index in [1.165, 1.54) is 29.3 Å². The van der Waals surface area contributed by atoms with Gasteiger partial charge in [0.15, 0.2) is 0 Å². The molecule has 0 fully saturated rings. The largest absolute Gasteiger partial charge is 0.368 e. The Hall–Kier alpha value is -2.74. The number of benzene rings is 2. The molecule has 3 N–H and O–H groups in total. The lowest BCUT2D eigenvalue weighted by atomic mass is 10.1. The molecule has 1 aliphatic heterocycles. The molecule has 0 bridgehead atoms. The van der Waals surface area contributed by atoms with Gasteiger partial charge in [-0.25, -0.2) is 4.39 Å². The summed E-state index contributed by atoms with van der Waals surface area (Å²) in [7, 11) is 0. The normalized spacial score (nSPS) is 16.3. The van der Waals surface area contributed by atoms with Crippen LogP contribution < -0.4 is 16.1 Å². The average Bonchev–Trinajstić information content (AvgIpc) is 3.04. The second-order valence-corrected chi connectivity index (χ2v) is 6.82. The minimum atomic E-state index is -0.801. The summed E-state index contributed by atoms with van der Waals surface area (Å²) in [6.07, 6.45) is 0.0750. The predicted octanol–water partition coefficient (Wildman–Crippen LogP) is 2.96. The number of nitrogens with one attached hydrogen (secondary N) is 1. The van der Waals surface area contributed by atoms with E-state index >= 15 is 0 Å². The smallest absolute Gasteiger partial charge is 0.271 e. The zero-order valence-corrected chi connectivity index (χ0v) is 15.5. The fourth-order valence-corrected chi connectivity index (χ4v) is 2.99. The van der Waals surface area contributed by atoms with Crippen molar-refractivity contribution in [3.05, 3.63) is 58.3 Å². The minimum absolute atomic E-state index is 0.0750. The standard InChI is InChI=1S/C18H16BrFN4O2/c1-10-2-3-11(19)8-14(10)22-18(26)15-9-16(17(21)25)24(23-15)13-6-4-12(20)5-7-13/h2-8,16H,9H2,1H3,(H2,21,25)(H,22,26). The Morgan fingerprint density at radius 1 is 1.27 bits per heavy atom. The molecule has 2 amide bonds. The van der Waals surface area contributed by atoms with Crippen LogP contribution in [0.25, 0.3) is 0 Å². The van der Waals surface area contributed by atoms with E-state index in [0.717, 1.165) is 10.0 Å². The average molecular weight is 419 g/mol. The molecule has 0 aromatic heterocycles. The van der Waals surface area contributed by atoms with Crippen molar-refractivity contribution in [2.24, 2.45) is 10.8 Å². The van der Waals surface area contributed by atoms with Gasteiger partial charge in [-0.1, -0.05) is 22.0 Å². The van der Waals surface area contributed by atoms with E-state index in [4.69, 9.17) is 5.73 Å². The van der Waals surface area contributed by atoms with E-state index in [1.54, 1.807) is 6.07 Å². The third-order valence-electron chi connectivity index (χ3n) is 4.04. The van der Waals surface area contributed by atoms with Gasteiger partial charge >= 0.3 is 0 Å². The number of primary amides is 1. The highest BCUT2D eigenvalue weighted by Crippen LogP contribution is 2.26. The van der Waals surface area contributed by atoms with Gasteiger partial charge in [-0.2, -0.15) is 5.10 Å². The number of anilines is 2. The first kappa shape index (κ1) is 18.1. The number of carbonyl (C=O) groups excluding carboxylic acids is 2. The minimum Gasteiger partial charge on any atom is -0.368 e. The van der Waals surface area contributed by atoms with Crippen LogP contribution in [0.5, 0.6) is 0 Å². The fourth-order valence-electron chi connectivity index (χ4n) is 2.62. The molecule has 1 aliphatic rings. The van der Waals surface area contributed by atoms with Crippen LogP contribution in [0.4, 0.5) is 15.8 Å². The summed E-state index contributed by atoms with van der Waals surface area (Å²) in [5.74, 6) is -1.43. The molecule has 26 heavy (non-hydrogen) atoms. The molecule has 2 aromatic rings. The number of halogens is 2. The number of aryl methyl sites for hydroxylation is 1. The Labute approximate surface area is 158 Å². The van der Waals surface area contributed by atoms with Crippen molar-refractivity contribution in [3.8, 4) is 0 Å². The van der Waals surface area contributed by atoms with E-state index in [1.807, 2.05) is 19.1 Å². The molecule has 0 radical (unpaired) electrons. The van der Waals surface area contributed by atoms with E-state index in [9.17, 15) is 14.0 Å². The molecule has 6 nitrogen and oxygen atoms in total. The SMILES string of the molecule is Cc1ccc(Br)cc1NC(=O)C1=NN(c2ccc(F)cc2)C(C(N)=O)C1. The van der Waals surface area contributed by atoms with Crippen molar-refractivity contribution in [2.45, 2.75) is 19.4 Å². The van der Waals surface area contributed by atoms with Crippen LogP contribution in [0.2, 0.25) is 0 Å². The molecule has 134 valence electrons. The fraction of sp³-hybridized carbons (Fsp3) is 0.167. The zero-order chi connectivity index (χ0) is 18.8. The number of amides is 2. The van der Waals surface area contributed by atoms with Gasteiger partial charge in [-0.3, -0.25) is 14.6 Å². The first-order valence-corrected chi connectivity index (χ1v) is 8.63. The molecule has 0 saturated carbocycles. The Morgan fingerprint density at radius 2 is 1.96 bits per heavy atom. The van der Waals surface area contributed by atoms with Crippen LogP contribution in [0.15, 0.2) is 52.0 Å². The van der Waals surface area contributed by atoms with E-state index in [0.29, 0.717) is 11.4 Å². The monoisotopic (exact) mass is 418 g/mol. The van der Waals surface area contributed by atoms with Gasteiger partial charge in [0.1, 0.15) is 17.6 Å². The topological polar surface area (TPSA) is 87.8 Å². The summed E-state index contributed by atoms with van der Waals surface area (Å²) in [5.41, 5.74) is 7.64. The Bertz CT molecular complexity index is 899. The van der Waals surface area contributed by atoms with Gasteiger partial charge in [-0.15, -0.1) is 0 Å². The van der Waals surface area contributed by atoms with E-state index in [-0.39, 0.29) is 12.1 Å². The summed E-state index contributed by atoms with van der Waals surface area (Å²) >= 11 is 3.36. The first-order valence-electron chi connectivity index (χ1n) is 7.84. The Kier molecular flexibility index (Phi) is 5.03. The van der Waals surface area contributed by atoms with Crippen molar-refractivity contribution < 1.29 is 14.0 Å². The summed E-state index contributed by atoms with van der Waals surface area (Å²) in [6.45, 7) is 1.87. The van der Waals surface area contributed by atoms with Gasteiger partial charge in [0.25, 0.3) is 5.91 Å². The maximum absolute atomic E-state index is 13.1.